The third-order valence-electron chi connectivity index (χ3n) is 4.91. The van der Waals surface area contributed by atoms with Gasteiger partial charge in [-0.3, -0.25) is 24.4 Å². The fourth-order valence-corrected chi connectivity index (χ4v) is 3.84. The first-order valence-corrected chi connectivity index (χ1v) is 9.42. The maximum absolute atomic E-state index is 12.8. The average Bonchev–Trinajstić information content (AvgIpc) is 3.49. The molecule has 0 aliphatic carbocycles. The van der Waals surface area contributed by atoms with Crippen LogP contribution in [0.4, 0.5) is 5.69 Å². The molecule has 1 amide bonds. The first-order chi connectivity index (χ1) is 14.5. The Labute approximate surface area is 173 Å². The summed E-state index contributed by atoms with van der Waals surface area (Å²) in [6.07, 6.45) is 1.21. The Hall–Kier alpha value is -3.93. The lowest BCUT2D eigenvalue weighted by molar-refractivity contribution is -0.384. The molecule has 150 valence electrons. The van der Waals surface area contributed by atoms with Gasteiger partial charge >= 0.3 is 0 Å². The number of carbonyl (C=O) groups excluding carboxylic acids is 1. The number of nitrogens with zero attached hydrogens (tertiary/aromatic N) is 6. The van der Waals surface area contributed by atoms with Crippen LogP contribution in [0.2, 0.25) is 0 Å². The number of rotatable bonds is 6. The highest BCUT2D eigenvalue weighted by Gasteiger charge is 2.35. The van der Waals surface area contributed by atoms with E-state index in [9.17, 15) is 14.9 Å². The monoisotopic (exact) mass is 423 g/mol. The van der Waals surface area contributed by atoms with Gasteiger partial charge < -0.3 is 4.42 Å². The number of benzene rings is 1. The SMILES string of the molecule is O=C1c2cc3oc(-c4ccc([N+](=O)[O-])cc4)cc3n2C(=S)N1CCCc1nn[nH]n1. The number of thiocarbonyl (C=S) groups is 1. The number of fused-ring (bicyclic) bond motifs is 3. The van der Waals surface area contributed by atoms with Crippen molar-refractivity contribution in [2.75, 3.05) is 6.54 Å². The van der Waals surface area contributed by atoms with E-state index in [1.807, 2.05) is 0 Å². The predicted octanol–water partition coefficient (Wildman–Crippen LogP) is 2.54. The lowest BCUT2D eigenvalue weighted by Gasteiger charge is -2.14. The van der Waals surface area contributed by atoms with Gasteiger partial charge in [-0.1, -0.05) is 5.21 Å². The highest BCUT2D eigenvalue weighted by atomic mass is 32.1. The first kappa shape index (κ1) is 18.1. The number of aromatic nitrogens is 5. The smallest absolute Gasteiger partial charge is 0.277 e. The number of nitro benzene ring substituents is 1. The van der Waals surface area contributed by atoms with E-state index in [4.69, 9.17) is 16.6 Å². The Kier molecular flexibility index (Phi) is 4.13. The molecule has 0 fully saturated rings. The molecular formula is C18H13N7O4S. The largest absolute Gasteiger partial charge is 0.454 e. The Morgan fingerprint density at radius 2 is 2.03 bits per heavy atom. The number of aryl methyl sites for hydroxylation is 1. The second kappa shape index (κ2) is 6.84. The highest BCUT2D eigenvalue weighted by molar-refractivity contribution is 7.80. The molecule has 4 heterocycles. The van der Waals surface area contributed by atoms with Crippen molar-refractivity contribution >= 4 is 40.0 Å². The van der Waals surface area contributed by atoms with Crippen molar-refractivity contribution in [3.8, 4) is 11.3 Å². The number of nitro groups is 1. The van der Waals surface area contributed by atoms with Crippen LogP contribution in [0.5, 0.6) is 0 Å². The van der Waals surface area contributed by atoms with Crippen molar-refractivity contribution in [1.29, 1.82) is 0 Å². The normalized spacial score (nSPS) is 13.4. The topological polar surface area (TPSA) is 136 Å². The van der Waals surface area contributed by atoms with E-state index in [1.165, 1.54) is 12.1 Å². The molecule has 0 atom stereocenters. The van der Waals surface area contributed by atoms with Gasteiger partial charge in [0, 0.05) is 42.8 Å². The molecule has 1 aliphatic rings. The summed E-state index contributed by atoms with van der Waals surface area (Å²) in [6, 6.07) is 9.52. The number of amides is 1. The third kappa shape index (κ3) is 2.85. The van der Waals surface area contributed by atoms with Crippen LogP contribution in [-0.2, 0) is 6.42 Å². The van der Waals surface area contributed by atoms with Crippen molar-refractivity contribution in [3.63, 3.8) is 0 Å². The summed E-state index contributed by atoms with van der Waals surface area (Å²) in [5.41, 5.74) is 2.35. The van der Waals surface area contributed by atoms with Gasteiger partial charge in [-0.15, -0.1) is 10.2 Å². The summed E-state index contributed by atoms with van der Waals surface area (Å²) in [4.78, 5) is 24.7. The second-order valence-electron chi connectivity index (χ2n) is 6.70. The van der Waals surface area contributed by atoms with Crippen molar-refractivity contribution in [2.24, 2.45) is 0 Å². The molecular weight excluding hydrogens is 410 g/mol. The zero-order valence-electron chi connectivity index (χ0n) is 15.3. The average molecular weight is 423 g/mol. The predicted molar refractivity (Wildman–Crippen MR) is 108 cm³/mol. The minimum Gasteiger partial charge on any atom is -0.454 e. The van der Waals surface area contributed by atoms with Gasteiger partial charge in [-0.25, -0.2) is 0 Å². The summed E-state index contributed by atoms with van der Waals surface area (Å²) in [6.45, 7) is 0.433. The molecule has 0 saturated heterocycles. The molecule has 12 heteroatoms. The zero-order chi connectivity index (χ0) is 20.8. The Bertz CT molecular complexity index is 1290. The summed E-state index contributed by atoms with van der Waals surface area (Å²) >= 11 is 5.54. The summed E-state index contributed by atoms with van der Waals surface area (Å²) < 4.78 is 7.56. The van der Waals surface area contributed by atoms with E-state index >= 15 is 0 Å². The van der Waals surface area contributed by atoms with E-state index in [2.05, 4.69) is 20.6 Å². The number of non-ortho nitro benzene ring substituents is 1. The molecule has 1 aliphatic heterocycles. The van der Waals surface area contributed by atoms with Crippen LogP contribution in [0.25, 0.3) is 22.4 Å². The Morgan fingerprint density at radius 1 is 1.23 bits per heavy atom. The molecule has 0 bridgehead atoms. The fraction of sp³-hybridized carbons (Fsp3) is 0.167. The van der Waals surface area contributed by atoms with E-state index in [0.29, 0.717) is 58.4 Å². The molecule has 11 nitrogen and oxygen atoms in total. The van der Waals surface area contributed by atoms with Crippen LogP contribution >= 0.6 is 12.2 Å². The molecule has 0 saturated carbocycles. The van der Waals surface area contributed by atoms with Crippen molar-refractivity contribution in [2.45, 2.75) is 12.8 Å². The summed E-state index contributed by atoms with van der Waals surface area (Å²) in [5.74, 6) is 0.935. The molecule has 1 N–H and O–H groups in total. The van der Waals surface area contributed by atoms with Gasteiger partial charge in [0.2, 0.25) is 0 Å². The number of tetrazole rings is 1. The van der Waals surface area contributed by atoms with Gasteiger partial charge in [0.25, 0.3) is 11.6 Å². The third-order valence-corrected chi connectivity index (χ3v) is 5.31. The highest BCUT2D eigenvalue weighted by Crippen LogP contribution is 2.34. The molecule has 3 aromatic heterocycles. The number of carbonyl (C=O) groups is 1. The van der Waals surface area contributed by atoms with E-state index in [1.54, 1.807) is 33.7 Å². The standard InChI is InChI=1S/C18H13N7O4S/c26-17-13-9-15-12(8-14(29-15)10-3-5-11(6-4-10)25(27)28)24(13)18(30)23(17)7-1-2-16-19-21-22-20-16/h3-6,8-9H,1-2,7H2,(H,19,20,21,22). The van der Waals surface area contributed by atoms with Crippen LogP contribution in [0.1, 0.15) is 22.7 Å². The van der Waals surface area contributed by atoms with E-state index in [-0.39, 0.29) is 11.6 Å². The number of furan rings is 1. The van der Waals surface area contributed by atoms with Crippen LogP contribution in [0.3, 0.4) is 0 Å². The number of aromatic amines is 1. The van der Waals surface area contributed by atoms with Crippen LogP contribution in [0.15, 0.2) is 40.8 Å². The van der Waals surface area contributed by atoms with Crippen LogP contribution < -0.4 is 0 Å². The number of H-pyrrole nitrogens is 1. The Balaban J connectivity index is 1.39. The lowest BCUT2D eigenvalue weighted by atomic mass is 10.1. The van der Waals surface area contributed by atoms with Gasteiger partial charge in [-0.2, -0.15) is 5.21 Å². The van der Waals surface area contributed by atoms with Crippen molar-refractivity contribution < 1.29 is 14.1 Å². The van der Waals surface area contributed by atoms with Crippen LogP contribution in [-0.4, -0.2) is 52.6 Å². The van der Waals surface area contributed by atoms with Crippen molar-refractivity contribution in [3.05, 3.63) is 58.0 Å². The van der Waals surface area contributed by atoms with Gasteiger partial charge in [0.1, 0.15) is 11.5 Å². The number of hydrogen-bond donors (Lipinski definition) is 1. The molecule has 5 rings (SSSR count). The molecule has 30 heavy (non-hydrogen) atoms. The second-order valence-corrected chi connectivity index (χ2v) is 7.07. The molecule has 0 unspecified atom stereocenters. The van der Waals surface area contributed by atoms with Gasteiger partial charge in [0.05, 0.1) is 10.4 Å². The first-order valence-electron chi connectivity index (χ1n) is 9.01. The number of hydrogen-bond acceptors (Lipinski definition) is 8. The minimum absolute atomic E-state index is 0.00260. The molecule has 0 spiro atoms. The van der Waals surface area contributed by atoms with Gasteiger partial charge in [0.15, 0.2) is 16.5 Å². The molecule has 0 radical (unpaired) electrons. The molecule has 4 aromatic rings. The lowest BCUT2D eigenvalue weighted by Crippen LogP contribution is -2.32. The quantitative estimate of drug-likeness (QED) is 0.284. The Morgan fingerprint density at radius 3 is 2.73 bits per heavy atom. The fourth-order valence-electron chi connectivity index (χ4n) is 3.47. The van der Waals surface area contributed by atoms with E-state index in [0.717, 1.165) is 0 Å². The number of nitrogens with one attached hydrogen (secondary N) is 1. The minimum atomic E-state index is -0.456. The van der Waals surface area contributed by atoms with Crippen molar-refractivity contribution in [1.82, 2.24) is 30.1 Å². The maximum atomic E-state index is 12.8. The maximum Gasteiger partial charge on any atom is 0.277 e. The van der Waals surface area contributed by atoms with E-state index < -0.39 is 4.92 Å². The zero-order valence-corrected chi connectivity index (χ0v) is 16.1. The van der Waals surface area contributed by atoms with Crippen LogP contribution in [0, 0.1) is 10.1 Å². The summed E-state index contributed by atoms with van der Waals surface area (Å²) in [5, 5.41) is 24.9. The van der Waals surface area contributed by atoms with Gasteiger partial charge in [-0.05, 0) is 30.8 Å². The summed E-state index contributed by atoms with van der Waals surface area (Å²) in [7, 11) is 0. The molecule has 1 aromatic carbocycles.